The number of halogens is 2. The van der Waals surface area contributed by atoms with Crippen molar-refractivity contribution in [2.75, 3.05) is 12.9 Å². The van der Waals surface area contributed by atoms with Gasteiger partial charge in [-0.25, -0.2) is 13.8 Å². The van der Waals surface area contributed by atoms with Crippen molar-refractivity contribution in [1.82, 2.24) is 4.98 Å². The molecule has 1 unspecified atom stereocenters. The Hall–Kier alpha value is -2.15. The minimum absolute atomic E-state index is 0.281. The summed E-state index contributed by atoms with van der Waals surface area (Å²) in [5.41, 5.74) is 6.89. The fourth-order valence-corrected chi connectivity index (χ4v) is 3.21. The average molecular weight is 335 g/mol. The van der Waals surface area contributed by atoms with Crippen LogP contribution >= 0.6 is 11.8 Å². The Bertz CT molecular complexity index is 750. The lowest BCUT2D eigenvalue weighted by Gasteiger charge is -2.19. The summed E-state index contributed by atoms with van der Waals surface area (Å²) in [4.78, 5) is 8.32. The Morgan fingerprint density at radius 2 is 2.09 bits per heavy atom. The van der Waals surface area contributed by atoms with Gasteiger partial charge in [0, 0.05) is 40.8 Å². The summed E-state index contributed by atoms with van der Waals surface area (Å²) in [6.07, 6.45) is 2.15. The molecule has 1 aliphatic rings. The van der Waals surface area contributed by atoms with E-state index in [-0.39, 0.29) is 11.6 Å². The molecule has 1 atom stereocenters. The maximum atomic E-state index is 14.2. The first kappa shape index (κ1) is 15.7. The van der Waals surface area contributed by atoms with Crippen LogP contribution in [0.4, 0.5) is 8.78 Å². The Morgan fingerprint density at radius 3 is 2.74 bits per heavy atom. The predicted molar refractivity (Wildman–Crippen MR) is 87.6 cm³/mol. The van der Waals surface area contributed by atoms with E-state index in [1.165, 1.54) is 31.1 Å². The van der Waals surface area contributed by atoms with Crippen LogP contribution in [0.3, 0.4) is 0 Å². The van der Waals surface area contributed by atoms with Gasteiger partial charge in [-0.15, -0.1) is 0 Å². The highest BCUT2D eigenvalue weighted by molar-refractivity contribution is 8.13. The molecule has 0 radical (unpaired) electrons. The van der Waals surface area contributed by atoms with Gasteiger partial charge >= 0.3 is 0 Å². The van der Waals surface area contributed by atoms with E-state index in [1.54, 1.807) is 12.1 Å². The number of ether oxygens (including phenoxy) is 1. The van der Waals surface area contributed by atoms with Crippen LogP contribution in [0.1, 0.15) is 18.0 Å². The van der Waals surface area contributed by atoms with Crippen molar-refractivity contribution in [3.8, 4) is 17.0 Å². The molecule has 0 saturated heterocycles. The van der Waals surface area contributed by atoms with Crippen LogP contribution in [-0.2, 0) is 0 Å². The first-order valence-electron chi connectivity index (χ1n) is 7.04. The zero-order chi connectivity index (χ0) is 16.4. The topological polar surface area (TPSA) is 60.5 Å². The zero-order valence-electron chi connectivity index (χ0n) is 12.4. The molecule has 0 saturated carbocycles. The van der Waals surface area contributed by atoms with Crippen molar-refractivity contribution < 1.29 is 13.5 Å². The van der Waals surface area contributed by atoms with Crippen molar-refractivity contribution in [2.45, 2.75) is 12.5 Å². The van der Waals surface area contributed by atoms with E-state index in [0.29, 0.717) is 28.6 Å². The summed E-state index contributed by atoms with van der Waals surface area (Å²) in [5.74, 6) is -0.0596. The van der Waals surface area contributed by atoms with Crippen molar-refractivity contribution in [3.63, 3.8) is 0 Å². The van der Waals surface area contributed by atoms with Gasteiger partial charge in [0.25, 0.3) is 0 Å². The Labute approximate surface area is 136 Å². The van der Waals surface area contributed by atoms with Gasteiger partial charge in [-0.05, 0) is 18.6 Å². The lowest BCUT2D eigenvalue weighted by molar-refractivity contribution is 0.398. The molecule has 4 nitrogen and oxygen atoms in total. The first-order valence-corrected chi connectivity index (χ1v) is 8.02. The van der Waals surface area contributed by atoms with E-state index < -0.39 is 11.6 Å². The largest absolute Gasteiger partial charge is 0.481 e. The maximum Gasteiger partial charge on any atom is 0.212 e. The van der Waals surface area contributed by atoms with Crippen LogP contribution in [-0.4, -0.2) is 23.0 Å². The van der Waals surface area contributed by atoms with Crippen molar-refractivity contribution >= 4 is 16.9 Å². The number of rotatable bonds is 3. The van der Waals surface area contributed by atoms with Gasteiger partial charge in [0.1, 0.15) is 11.6 Å². The smallest absolute Gasteiger partial charge is 0.212 e. The van der Waals surface area contributed by atoms with E-state index in [0.717, 1.165) is 11.8 Å². The molecule has 23 heavy (non-hydrogen) atoms. The molecule has 1 aromatic carbocycles. The van der Waals surface area contributed by atoms with Crippen molar-refractivity contribution in [3.05, 3.63) is 47.7 Å². The van der Waals surface area contributed by atoms with Gasteiger partial charge in [-0.1, -0.05) is 11.8 Å². The lowest BCUT2D eigenvalue weighted by Crippen LogP contribution is -2.16. The number of amidine groups is 1. The highest BCUT2D eigenvalue weighted by Gasteiger charge is 2.22. The summed E-state index contributed by atoms with van der Waals surface area (Å²) in [5, 5.41) is 0.428. The molecule has 2 N–H and O–H groups in total. The van der Waals surface area contributed by atoms with Crippen LogP contribution in [0.15, 0.2) is 35.5 Å². The maximum absolute atomic E-state index is 14.2. The number of benzene rings is 1. The molecule has 0 amide bonds. The summed E-state index contributed by atoms with van der Waals surface area (Å²) in [7, 11) is 1.50. The van der Waals surface area contributed by atoms with E-state index in [9.17, 15) is 8.78 Å². The number of aromatic nitrogens is 1. The number of hydrogen-bond donors (Lipinski definition) is 1. The molecule has 3 rings (SSSR count). The number of pyridine rings is 1. The van der Waals surface area contributed by atoms with Crippen LogP contribution in [0, 0.1) is 11.6 Å². The number of thioether (sulfide) groups is 1. The van der Waals surface area contributed by atoms with E-state index in [4.69, 9.17) is 10.5 Å². The summed E-state index contributed by atoms with van der Waals surface area (Å²) in [6.45, 7) is 0. The Morgan fingerprint density at radius 1 is 1.26 bits per heavy atom. The fourth-order valence-electron chi connectivity index (χ4n) is 2.46. The minimum Gasteiger partial charge on any atom is -0.481 e. The molecule has 0 spiro atoms. The van der Waals surface area contributed by atoms with E-state index in [2.05, 4.69) is 9.98 Å². The molecule has 2 heterocycles. The van der Waals surface area contributed by atoms with E-state index in [1.807, 2.05) is 0 Å². The third kappa shape index (κ3) is 3.29. The van der Waals surface area contributed by atoms with Crippen LogP contribution < -0.4 is 10.5 Å². The third-order valence-corrected chi connectivity index (χ3v) is 4.47. The van der Waals surface area contributed by atoms with Gasteiger partial charge < -0.3 is 10.5 Å². The molecule has 7 heteroatoms. The molecule has 0 fully saturated rings. The molecule has 1 aromatic heterocycles. The molecule has 120 valence electrons. The Balaban J connectivity index is 2.04. The van der Waals surface area contributed by atoms with Gasteiger partial charge in [0.05, 0.1) is 13.2 Å². The van der Waals surface area contributed by atoms with Gasteiger partial charge in [0.2, 0.25) is 5.88 Å². The highest BCUT2D eigenvalue weighted by Crippen LogP contribution is 2.34. The standard InChI is InChI=1S/C16H15F2N3OS/c1-22-15-3-2-9(8-20-15)10-6-11(13(18)7-12(10)17)14-4-5-23-16(19)21-14/h2-3,6-8,14H,4-5H2,1H3,(H2,19,21). The van der Waals surface area contributed by atoms with Crippen LogP contribution in [0.5, 0.6) is 5.88 Å². The van der Waals surface area contributed by atoms with E-state index >= 15 is 0 Å². The van der Waals surface area contributed by atoms with Gasteiger partial charge in [0.15, 0.2) is 5.17 Å². The number of nitrogens with two attached hydrogens (primary N) is 1. The third-order valence-electron chi connectivity index (χ3n) is 3.63. The summed E-state index contributed by atoms with van der Waals surface area (Å²) >= 11 is 1.44. The van der Waals surface area contributed by atoms with Gasteiger partial charge in [-0.2, -0.15) is 0 Å². The summed E-state index contributed by atoms with van der Waals surface area (Å²) in [6, 6.07) is 5.31. The molecule has 1 aliphatic heterocycles. The van der Waals surface area contributed by atoms with Crippen molar-refractivity contribution in [2.24, 2.45) is 10.7 Å². The second-order valence-electron chi connectivity index (χ2n) is 5.06. The van der Waals surface area contributed by atoms with Crippen LogP contribution in [0.2, 0.25) is 0 Å². The average Bonchev–Trinajstić information content (AvgIpc) is 2.55. The zero-order valence-corrected chi connectivity index (χ0v) is 13.2. The second-order valence-corrected chi connectivity index (χ2v) is 6.18. The molecule has 0 aliphatic carbocycles. The summed E-state index contributed by atoms with van der Waals surface area (Å²) < 4.78 is 33.3. The Kier molecular flexibility index (Phi) is 4.47. The molecular weight excluding hydrogens is 320 g/mol. The van der Waals surface area contributed by atoms with Crippen molar-refractivity contribution in [1.29, 1.82) is 0 Å². The molecule has 0 bridgehead atoms. The van der Waals surface area contributed by atoms with Crippen LogP contribution in [0.25, 0.3) is 11.1 Å². The SMILES string of the molecule is COc1ccc(-c2cc(C3CCSC(N)=N3)c(F)cc2F)cn1. The number of nitrogens with zero attached hydrogens (tertiary/aromatic N) is 2. The quantitative estimate of drug-likeness (QED) is 0.932. The van der Waals surface area contributed by atoms with Gasteiger partial charge in [-0.3, -0.25) is 4.99 Å². The predicted octanol–water partition coefficient (Wildman–Crippen LogP) is 3.53. The molecular formula is C16H15F2N3OS. The normalized spacial score (nSPS) is 17.7. The fraction of sp³-hybridized carbons (Fsp3) is 0.250. The number of methoxy groups -OCH3 is 1. The highest BCUT2D eigenvalue weighted by atomic mass is 32.2. The number of aliphatic imine (C=N–C) groups is 1. The first-order chi connectivity index (χ1) is 11.1. The molecule has 2 aromatic rings. The minimum atomic E-state index is -0.639. The monoisotopic (exact) mass is 335 g/mol. The lowest BCUT2D eigenvalue weighted by atomic mass is 9.98. The second kappa shape index (κ2) is 6.54. The number of hydrogen-bond acceptors (Lipinski definition) is 5.